The van der Waals surface area contributed by atoms with Crippen molar-refractivity contribution in [3.63, 3.8) is 0 Å². The minimum atomic E-state index is -0.885. The Morgan fingerprint density at radius 3 is 2.11 bits per heavy atom. The molecule has 0 saturated heterocycles. The molecule has 0 radical (unpaired) electrons. The fourth-order valence-corrected chi connectivity index (χ4v) is 5.85. The number of benzene rings is 2. The molecule has 0 N–H and O–H groups in total. The van der Waals surface area contributed by atoms with E-state index in [1.54, 1.807) is 12.1 Å². The molecule has 3 nitrogen and oxygen atoms in total. The molecule has 0 amide bonds. The lowest BCUT2D eigenvalue weighted by Crippen LogP contribution is -2.22. The smallest absolute Gasteiger partial charge is 0.200 e. The maximum Gasteiger partial charge on any atom is 0.200 e. The summed E-state index contributed by atoms with van der Waals surface area (Å²) in [6.45, 7) is 5.64. The van der Waals surface area contributed by atoms with Crippen LogP contribution in [0.2, 0.25) is 0 Å². The summed E-state index contributed by atoms with van der Waals surface area (Å²) in [4.78, 5) is 0. The van der Waals surface area contributed by atoms with Gasteiger partial charge in [0.15, 0.2) is 11.6 Å². The third-order valence-electron chi connectivity index (χ3n) is 8.09. The lowest BCUT2D eigenvalue weighted by atomic mass is 9.79. The number of unbranched alkanes of at least 4 members (excludes halogenated alkanes) is 1. The fraction of sp³-hybridized carbons (Fsp3) is 0.613. The van der Waals surface area contributed by atoms with E-state index in [9.17, 15) is 13.2 Å². The zero-order valence-corrected chi connectivity index (χ0v) is 22.2. The van der Waals surface area contributed by atoms with Gasteiger partial charge in [-0.2, -0.15) is 4.39 Å². The van der Waals surface area contributed by atoms with Gasteiger partial charge in [0.2, 0.25) is 5.82 Å². The summed E-state index contributed by atoms with van der Waals surface area (Å²) in [5.41, 5.74) is 1.18. The molecule has 37 heavy (non-hydrogen) atoms. The number of ether oxygens (including phenoxy) is 3. The highest BCUT2D eigenvalue weighted by Crippen LogP contribution is 2.39. The Morgan fingerprint density at radius 2 is 1.43 bits per heavy atom. The zero-order valence-electron chi connectivity index (χ0n) is 22.2. The van der Waals surface area contributed by atoms with E-state index < -0.39 is 11.6 Å². The third kappa shape index (κ3) is 7.22. The lowest BCUT2D eigenvalue weighted by molar-refractivity contribution is 0.0230. The van der Waals surface area contributed by atoms with Gasteiger partial charge in [0.05, 0.1) is 19.3 Å². The molecule has 0 aliphatic heterocycles. The van der Waals surface area contributed by atoms with E-state index in [1.807, 2.05) is 19.1 Å². The second-order valence-electron chi connectivity index (χ2n) is 10.6. The molecule has 2 aromatic carbocycles. The first-order valence-electron chi connectivity index (χ1n) is 14.1. The van der Waals surface area contributed by atoms with Crippen molar-refractivity contribution in [2.24, 2.45) is 5.92 Å². The van der Waals surface area contributed by atoms with Crippen molar-refractivity contribution in [3.8, 4) is 11.5 Å². The SMILES string of the molecule is CCCCOC1CCC(c2ccc(OCC3CCC(c4ccc(OCC)cc4F)CC3)c(F)c2F)CC1. The topological polar surface area (TPSA) is 27.7 Å². The average molecular weight is 519 g/mol. The summed E-state index contributed by atoms with van der Waals surface area (Å²) in [6.07, 6.45) is 9.22. The largest absolute Gasteiger partial charge is 0.494 e. The maximum absolute atomic E-state index is 15.0. The molecule has 0 spiro atoms. The van der Waals surface area contributed by atoms with Crippen LogP contribution < -0.4 is 9.47 Å². The predicted octanol–water partition coefficient (Wildman–Crippen LogP) is 8.70. The van der Waals surface area contributed by atoms with Gasteiger partial charge < -0.3 is 14.2 Å². The molecule has 4 rings (SSSR count). The Hall–Kier alpha value is -2.21. The summed E-state index contributed by atoms with van der Waals surface area (Å²) < 4.78 is 61.5. The third-order valence-corrected chi connectivity index (χ3v) is 8.09. The second-order valence-corrected chi connectivity index (χ2v) is 10.6. The van der Waals surface area contributed by atoms with Crippen LogP contribution in [0.1, 0.15) is 101 Å². The standard InChI is InChI=1S/C31H41F3O3/c1-3-5-18-36-24-12-10-23(11-13-24)27-16-17-29(31(34)30(27)33)37-20-21-6-8-22(9-7-21)26-15-14-25(35-4-2)19-28(26)32/h14-17,19,21-24H,3-13,18,20H2,1-2H3. The molecular weight excluding hydrogens is 477 g/mol. The van der Waals surface area contributed by atoms with E-state index in [-0.39, 0.29) is 35.4 Å². The zero-order chi connectivity index (χ0) is 26.2. The normalized spacial score (nSPS) is 24.1. The molecule has 2 aliphatic carbocycles. The molecule has 0 heterocycles. The molecule has 2 saturated carbocycles. The van der Waals surface area contributed by atoms with E-state index in [0.717, 1.165) is 76.4 Å². The number of hydrogen-bond donors (Lipinski definition) is 0. The first-order chi connectivity index (χ1) is 18.0. The molecule has 0 atom stereocenters. The van der Waals surface area contributed by atoms with E-state index in [0.29, 0.717) is 24.5 Å². The van der Waals surface area contributed by atoms with Gasteiger partial charge in [0.25, 0.3) is 0 Å². The van der Waals surface area contributed by atoms with Crippen molar-refractivity contribution in [2.45, 2.75) is 96.0 Å². The summed E-state index contributed by atoms with van der Waals surface area (Å²) in [7, 11) is 0. The van der Waals surface area contributed by atoms with Crippen LogP contribution in [0.3, 0.4) is 0 Å². The van der Waals surface area contributed by atoms with Crippen LogP contribution in [0.5, 0.6) is 11.5 Å². The van der Waals surface area contributed by atoms with Crippen LogP contribution in [0.4, 0.5) is 13.2 Å². The first-order valence-corrected chi connectivity index (χ1v) is 14.1. The monoisotopic (exact) mass is 518 g/mol. The van der Waals surface area contributed by atoms with Gasteiger partial charge in [-0.1, -0.05) is 25.5 Å². The van der Waals surface area contributed by atoms with E-state index in [2.05, 4.69) is 6.92 Å². The van der Waals surface area contributed by atoms with E-state index >= 15 is 0 Å². The van der Waals surface area contributed by atoms with Gasteiger partial charge in [0, 0.05) is 12.7 Å². The van der Waals surface area contributed by atoms with Crippen LogP contribution >= 0.6 is 0 Å². The molecule has 2 aromatic rings. The summed E-state index contributed by atoms with van der Waals surface area (Å²) in [6, 6.07) is 8.39. The van der Waals surface area contributed by atoms with Crippen LogP contribution in [0.15, 0.2) is 30.3 Å². The predicted molar refractivity (Wildman–Crippen MR) is 140 cm³/mol. The highest BCUT2D eigenvalue weighted by molar-refractivity contribution is 5.34. The van der Waals surface area contributed by atoms with Crippen molar-refractivity contribution in [1.29, 1.82) is 0 Å². The molecular formula is C31H41F3O3. The van der Waals surface area contributed by atoms with Crippen LogP contribution in [0, 0.1) is 23.4 Å². The molecule has 2 fully saturated rings. The quantitative estimate of drug-likeness (QED) is 0.279. The van der Waals surface area contributed by atoms with Crippen molar-refractivity contribution < 1.29 is 27.4 Å². The van der Waals surface area contributed by atoms with Crippen molar-refractivity contribution in [2.75, 3.05) is 19.8 Å². The molecule has 0 bridgehead atoms. The first kappa shape index (κ1) is 27.8. The van der Waals surface area contributed by atoms with E-state index in [4.69, 9.17) is 14.2 Å². The number of halogens is 3. The van der Waals surface area contributed by atoms with Gasteiger partial charge in [-0.15, -0.1) is 0 Å². The summed E-state index contributed by atoms with van der Waals surface area (Å²) in [5.74, 6) is -0.924. The number of hydrogen-bond acceptors (Lipinski definition) is 3. The van der Waals surface area contributed by atoms with Crippen molar-refractivity contribution >= 4 is 0 Å². The second kappa shape index (κ2) is 13.5. The Morgan fingerprint density at radius 1 is 0.757 bits per heavy atom. The average Bonchev–Trinajstić information content (AvgIpc) is 2.91. The van der Waals surface area contributed by atoms with Gasteiger partial charge in [0.1, 0.15) is 11.6 Å². The maximum atomic E-state index is 15.0. The van der Waals surface area contributed by atoms with E-state index in [1.165, 1.54) is 6.07 Å². The highest BCUT2D eigenvalue weighted by atomic mass is 19.2. The van der Waals surface area contributed by atoms with Crippen molar-refractivity contribution in [3.05, 3.63) is 58.9 Å². The summed E-state index contributed by atoms with van der Waals surface area (Å²) >= 11 is 0. The van der Waals surface area contributed by atoms with Gasteiger partial charge >= 0.3 is 0 Å². The Kier molecular flexibility index (Phi) is 10.2. The highest BCUT2D eigenvalue weighted by Gasteiger charge is 2.28. The minimum absolute atomic E-state index is 0.0162. The number of rotatable bonds is 11. The Bertz CT molecular complexity index is 995. The van der Waals surface area contributed by atoms with Gasteiger partial charge in [-0.3, -0.25) is 0 Å². The molecule has 204 valence electrons. The Balaban J connectivity index is 1.26. The molecule has 6 heteroatoms. The lowest BCUT2D eigenvalue weighted by Gasteiger charge is -2.30. The summed E-state index contributed by atoms with van der Waals surface area (Å²) in [5, 5.41) is 0. The minimum Gasteiger partial charge on any atom is -0.494 e. The van der Waals surface area contributed by atoms with Gasteiger partial charge in [-0.25, -0.2) is 8.78 Å². The van der Waals surface area contributed by atoms with Crippen molar-refractivity contribution in [1.82, 2.24) is 0 Å². The van der Waals surface area contributed by atoms with Crippen LogP contribution in [-0.2, 0) is 4.74 Å². The molecule has 2 aliphatic rings. The van der Waals surface area contributed by atoms with Crippen LogP contribution in [0.25, 0.3) is 0 Å². The van der Waals surface area contributed by atoms with Crippen LogP contribution in [-0.4, -0.2) is 25.9 Å². The Labute approximate surface area is 219 Å². The fourth-order valence-electron chi connectivity index (χ4n) is 5.85. The van der Waals surface area contributed by atoms with Gasteiger partial charge in [-0.05, 0) is 106 Å². The molecule has 0 aromatic heterocycles. The molecule has 0 unspecified atom stereocenters.